The first-order valence-corrected chi connectivity index (χ1v) is 17.5. The molecule has 2 heterocycles. The molecule has 0 saturated carbocycles. The number of Topliss-reactive ketones (excluding diaryl/α,β-unsaturated/α-hetero) is 2. The molecule has 2 saturated heterocycles. The summed E-state index contributed by atoms with van der Waals surface area (Å²) in [6, 6.07) is 0. The van der Waals surface area contributed by atoms with Gasteiger partial charge in [-0.1, -0.05) is 84.0 Å². The smallest absolute Gasteiger partial charge is 0.309 e. The average molecular weight is 595 g/mol. The fraction of sp³-hybridized carbons (Fsp3) is 0.914. The molecular weight excluding hydrogens is 532 g/mol. The fourth-order valence-corrected chi connectivity index (χ4v) is 6.55. The number of unbranched alkanes of at least 4 members (excludes halogenated alkanes) is 12. The molecule has 42 heavy (non-hydrogen) atoms. The molecular formula is C35H62O7. The Morgan fingerprint density at radius 2 is 1.26 bits per heavy atom. The maximum atomic E-state index is 12.3. The van der Waals surface area contributed by atoms with Crippen LogP contribution in [-0.4, -0.2) is 58.3 Å². The molecule has 2 rings (SSSR count). The number of hydrogen-bond donors (Lipinski definition) is 2. The third-order valence-electron chi connectivity index (χ3n) is 9.18. The van der Waals surface area contributed by atoms with Gasteiger partial charge in [-0.15, -0.1) is 0 Å². The molecule has 2 aliphatic rings. The maximum Gasteiger partial charge on any atom is 0.309 e. The van der Waals surface area contributed by atoms with E-state index in [4.69, 9.17) is 9.47 Å². The average Bonchev–Trinajstić information content (AvgIpc) is 3.58. The van der Waals surface area contributed by atoms with Gasteiger partial charge in [0.25, 0.3) is 0 Å². The zero-order chi connectivity index (χ0) is 30.6. The van der Waals surface area contributed by atoms with Gasteiger partial charge < -0.3 is 24.5 Å². The van der Waals surface area contributed by atoms with Crippen LogP contribution in [0.25, 0.3) is 0 Å². The van der Waals surface area contributed by atoms with Crippen molar-refractivity contribution in [2.24, 2.45) is 5.92 Å². The molecule has 244 valence electrons. The van der Waals surface area contributed by atoms with E-state index >= 15 is 0 Å². The van der Waals surface area contributed by atoms with Crippen LogP contribution < -0.4 is 0 Å². The Bertz CT molecular complexity index is 754. The first-order chi connectivity index (χ1) is 20.3. The fourth-order valence-electron chi connectivity index (χ4n) is 6.55. The van der Waals surface area contributed by atoms with Gasteiger partial charge in [0.2, 0.25) is 0 Å². The highest BCUT2D eigenvalue weighted by atomic mass is 16.6. The lowest BCUT2D eigenvalue weighted by atomic mass is 9.96. The summed E-state index contributed by atoms with van der Waals surface area (Å²) in [5.74, 6) is -0.228. The monoisotopic (exact) mass is 594 g/mol. The van der Waals surface area contributed by atoms with Gasteiger partial charge in [-0.2, -0.15) is 0 Å². The Morgan fingerprint density at radius 3 is 1.83 bits per heavy atom. The molecule has 7 nitrogen and oxygen atoms in total. The Hall–Kier alpha value is -1.31. The molecule has 0 bridgehead atoms. The second kappa shape index (κ2) is 22.2. The number of ketones is 2. The number of hydrogen-bond acceptors (Lipinski definition) is 7. The lowest BCUT2D eigenvalue weighted by Crippen LogP contribution is -2.31. The molecule has 0 amide bonds. The van der Waals surface area contributed by atoms with Crippen LogP contribution >= 0.6 is 0 Å². The van der Waals surface area contributed by atoms with Crippen molar-refractivity contribution in [3.05, 3.63) is 0 Å². The van der Waals surface area contributed by atoms with E-state index in [0.29, 0.717) is 25.7 Å². The number of esters is 1. The van der Waals surface area contributed by atoms with Crippen molar-refractivity contribution in [1.29, 1.82) is 0 Å². The molecule has 0 unspecified atom stereocenters. The van der Waals surface area contributed by atoms with Gasteiger partial charge in [-0.3, -0.25) is 9.59 Å². The topological polar surface area (TPSA) is 110 Å². The minimum absolute atomic E-state index is 0.0241. The van der Waals surface area contributed by atoms with Gasteiger partial charge in [0.15, 0.2) is 0 Å². The van der Waals surface area contributed by atoms with E-state index in [0.717, 1.165) is 64.2 Å². The van der Waals surface area contributed by atoms with E-state index in [1.54, 1.807) is 0 Å². The zero-order valence-corrected chi connectivity index (χ0v) is 26.9. The quantitative estimate of drug-likeness (QED) is 0.0785. The largest absolute Gasteiger partial charge is 0.462 e. The van der Waals surface area contributed by atoms with Crippen LogP contribution in [0.4, 0.5) is 0 Å². The highest BCUT2D eigenvalue weighted by Crippen LogP contribution is 2.29. The summed E-state index contributed by atoms with van der Waals surface area (Å²) in [7, 11) is 0. The number of aliphatic hydroxyl groups is 2. The molecule has 2 N–H and O–H groups in total. The minimum Gasteiger partial charge on any atom is -0.462 e. The number of aliphatic hydroxyl groups excluding tert-OH is 2. The van der Waals surface area contributed by atoms with E-state index in [1.807, 2.05) is 0 Å². The summed E-state index contributed by atoms with van der Waals surface area (Å²) in [6.45, 7) is 3.76. The molecule has 0 aliphatic carbocycles. The molecule has 0 aromatic rings. The van der Waals surface area contributed by atoms with E-state index in [2.05, 4.69) is 6.92 Å². The molecule has 2 fully saturated rings. The van der Waals surface area contributed by atoms with Crippen molar-refractivity contribution in [2.45, 2.75) is 198 Å². The van der Waals surface area contributed by atoms with Crippen molar-refractivity contribution in [1.82, 2.24) is 0 Å². The van der Waals surface area contributed by atoms with Crippen molar-refractivity contribution < 1.29 is 34.1 Å². The predicted octanol–water partition coefficient (Wildman–Crippen LogP) is 7.56. The molecule has 6 atom stereocenters. The number of carbonyl (C=O) groups is 3. The molecule has 2 aliphatic heterocycles. The van der Waals surface area contributed by atoms with E-state index < -0.39 is 12.2 Å². The van der Waals surface area contributed by atoms with Gasteiger partial charge >= 0.3 is 5.97 Å². The molecule has 0 spiro atoms. The third kappa shape index (κ3) is 16.0. The second-order valence-electron chi connectivity index (χ2n) is 13.2. The van der Waals surface area contributed by atoms with Crippen LogP contribution in [0.3, 0.4) is 0 Å². The van der Waals surface area contributed by atoms with E-state index in [-0.39, 0.29) is 48.2 Å². The standard InChI is InChI=1S/C35H62O7/c1-3-4-5-6-7-8-9-10-11-15-21-31(38)33-23-24-34(42-33)32(39)22-17-16-19-29(37)18-13-12-14-20-30-26-28(25-27(2)36)35(40)41-30/h28,30-34,38-39H,3-26H2,1-2H3/t28-,30-,31-,32-,33-,34-/m1/s1. The Kier molecular flexibility index (Phi) is 19.5. The van der Waals surface area contributed by atoms with Crippen LogP contribution in [0.1, 0.15) is 168 Å². The summed E-state index contributed by atoms with van der Waals surface area (Å²) in [6.07, 6.45) is 21.5. The first kappa shape index (κ1) is 36.9. The highest BCUT2D eigenvalue weighted by molar-refractivity contribution is 5.83. The summed E-state index contributed by atoms with van der Waals surface area (Å²) in [5.41, 5.74) is 0. The van der Waals surface area contributed by atoms with Crippen LogP contribution in [0.5, 0.6) is 0 Å². The second-order valence-corrected chi connectivity index (χ2v) is 13.2. The van der Waals surface area contributed by atoms with Gasteiger partial charge in [0, 0.05) is 19.3 Å². The third-order valence-corrected chi connectivity index (χ3v) is 9.18. The summed E-state index contributed by atoms with van der Waals surface area (Å²) in [4.78, 5) is 35.3. The Balaban J connectivity index is 1.42. The number of rotatable bonds is 26. The number of cyclic esters (lactones) is 1. The highest BCUT2D eigenvalue weighted by Gasteiger charge is 2.35. The lowest BCUT2D eigenvalue weighted by molar-refractivity contribution is -0.145. The molecule has 0 radical (unpaired) electrons. The summed E-state index contributed by atoms with van der Waals surface area (Å²) >= 11 is 0. The van der Waals surface area contributed by atoms with Crippen LogP contribution in [0.2, 0.25) is 0 Å². The SMILES string of the molecule is CCCCCCCCCCCC[C@@H](O)[C@H]1CC[C@H]([C@H](O)CCCCC(=O)CCCCC[C@@H]2C[C@@H](CC(C)=O)C(=O)O2)O1. The van der Waals surface area contributed by atoms with Crippen LogP contribution in [0, 0.1) is 5.92 Å². The van der Waals surface area contributed by atoms with Gasteiger partial charge in [0.1, 0.15) is 17.7 Å². The zero-order valence-electron chi connectivity index (χ0n) is 26.9. The van der Waals surface area contributed by atoms with Gasteiger partial charge in [-0.25, -0.2) is 0 Å². The predicted molar refractivity (Wildman–Crippen MR) is 166 cm³/mol. The van der Waals surface area contributed by atoms with E-state index in [9.17, 15) is 24.6 Å². The summed E-state index contributed by atoms with van der Waals surface area (Å²) < 4.78 is 11.4. The van der Waals surface area contributed by atoms with Gasteiger partial charge in [-0.05, 0) is 64.7 Å². The normalized spacial score (nSPS) is 23.7. The Labute approximate surface area is 255 Å². The minimum atomic E-state index is -0.533. The Morgan fingerprint density at radius 1 is 0.762 bits per heavy atom. The van der Waals surface area contributed by atoms with Crippen molar-refractivity contribution in [3.63, 3.8) is 0 Å². The molecule has 0 aromatic heterocycles. The van der Waals surface area contributed by atoms with Crippen molar-refractivity contribution in [3.8, 4) is 0 Å². The molecule has 0 aromatic carbocycles. The molecule has 7 heteroatoms. The lowest BCUT2D eigenvalue weighted by Gasteiger charge is -2.22. The number of carbonyl (C=O) groups excluding carboxylic acids is 3. The summed E-state index contributed by atoms with van der Waals surface area (Å²) in [5, 5.41) is 21.2. The van der Waals surface area contributed by atoms with Crippen molar-refractivity contribution >= 4 is 17.5 Å². The van der Waals surface area contributed by atoms with Crippen LogP contribution in [0.15, 0.2) is 0 Å². The van der Waals surface area contributed by atoms with Crippen molar-refractivity contribution in [2.75, 3.05) is 0 Å². The van der Waals surface area contributed by atoms with Gasteiger partial charge in [0.05, 0.1) is 30.3 Å². The maximum absolute atomic E-state index is 12.3. The van der Waals surface area contributed by atoms with Crippen LogP contribution in [-0.2, 0) is 23.9 Å². The van der Waals surface area contributed by atoms with E-state index in [1.165, 1.54) is 64.7 Å². The first-order valence-electron chi connectivity index (χ1n) is 17.5. The number of ether oxygens (including phenoxy) is 2.